The average Bonchev–Trinajstić information content (AvgIpc) is 3.20. The summed E-state index contributed by atoms with van der Waals surface area (Å²) in [6.07, 6.45) is 0. The fraction of sp³-hybridized carbons (Fsp3) is 0.217. The standard InChI is InChI=1S/C23H22N4O4/c1-14(2)20(27-22(29)15-8-4-3-5-9-15)23(30)31-13-19(28)16(12-24)21-25-17-10-6-7-11-18(17)26-21/h3-11,14,20,28H,13H2,1-2H3,(H,25,26)(H,27,29). The number of nitriles is 1. The third-order valence-corrected chi connectivity index (χ3v) is 4.62. The van der Waals surface area contributed by atoms with Crippen molar-refractivity contribution in [2.24, 2.45) is 5.92 Å². The van der Waals surface area contributed by atoms with E-state index in [1.165, 1.54) is 0 Å². The van der Waals surface area contributed by atoms with Gasteiger partial charge in [0.05, 0.1) is 11.0 Å². The summed E-state index contributed by atoms with van der Waals surface area (Å²) in [5.74, 6) is -1.64. The molecular weight excluding hydrogens is 396 g/mol. The number of aromatic amines is 1. The zero-order chi connectivity index (χ0) is 22.4. The lowest BCUT2D eigenvalue weighted by Crippen LogP contribution is -2.45. The van der Waals surface area contributed by atoms with Crippen molar-refractivity contribution in [3.05, 3.63) is 71.7 Å². The fourth-order valence-electron chi connectivity index (χ4n) is 2.94. The number of allylic oxidation sites excluding steroid dienone is 1. The van der Waals surface area contributed by atoms with Crippen molar-refractivity contribution >= 4 is 28.5 Å². The second kappa shape index (κ2) is 9.59. The van der Waals surface area contributed by atoms with E-state index in [9.17, 15) is 20.0 Å². The Balaban J connectivity index is 1.71. The van der Waals surface area contributed by atoms with Crippen LogP contribution in [0.25, 0.3) is 16.6 Å². The molecule has 31 heavy (non-hydrogen) atoms. The lowest BCUT2D eigenvalue weighted by atomic mass is 10.0. The molecule has 0 saturated heterocycles. The summed E-state index contributed by atoms with van der Waals surface area (Å²) in [6, 6.07) is 16.7. The van der Waals surface area contributed by atoms with Gasteiger partial charge in [-0.15, -0.1) is 0 Å². The minimum Gasteiger partial charge on any atom is -0.507 e. The number of amides is 1. The molecule has 1 unspecified atom stereocenters. The summed E-state index contributed by atoms with van der Waals surface area (Å²) >= 11 is 0. The van der Waals surface area contributed by atoms with E-state index in [1.54, 1.807) is 62.4 Å². The van der Waals surface area contributed by atoms with Crippen molar-refractivity contribution in [2.75, 3.05) is 6.61 Å². The van der Waals surface area contributed by atoms with Crippen LogP contribution in [0.2, 0.25) is 0 Å². The minimum atomic E-state index is -0.919. The number of rotatable bonds is 7. The van der Waals surface area contributed by atoms with Gasteiger partial charge < -0.3 is 20.1 Å². The molecule has 0 aliphatic carbocycles. The number of esters is 1. The molecule has 0 aliphatic heterocycles. The Morgan fingerprint density at radius 1 is 1.16 bits per heavy atom. The molecule has 2 aromatic carbocycles. The van der Waals surface area contributed by atoms with E-state index < -0.39 is 30.3 Å². The number of ether oxygens (including phenoxy) is 1. The van der Waals surface area contributed by atoms with Gasteiger partial charge in [0.25, 0.3) is 5.91 Å². The molecule has 3 aromatic rings. The maximum Gasteiger partial charge on any atom is 0.329 e. The number of nitrogens with one attached hydrogen (secondary N) is 2. The van der Waals surface area contributed by atoms with Gasteiger partial charge in [0.2, 0.25) is 0 Å². The number of nitrogens with zero attached hydrogens (tertiary/aromatic N) is 2. The van der Waals surface area contributed by atoms with Crippen molar-refractivity contribution in [2.45, 2.75) is 19.9 Å². The highest BCUT2D eigenvalue weighted by molar-refractivity contribution is 5.96. The van der Waals surface area contributed by atoms with Gasteiger partial charge in [0, 0.05) is 5.56 Å². The van der Waals surface area contributed by atoms with Gasteiger partial charge >= 0.3 is 5.97 Å². The quantitative estimate of drug-likeness (QED) is 0.307. The molecule has 0 bridgehead atoms. The molecule has 1 aromatic heterocycles. The predicted octanol–water partition coefficient (Wildman–Crippen LogP) is 3.35. The van der Waals surface area contributed by atoms with Gasteiger partial charge in [-0.05, 0) is 30.2 Å². The van der Waals surface area contributed by atoms with E-state index >= 15 is 0 Å². The Bertz CT molecular complexity index is 1130. The Hall–Kier alpha value is -4.12. The summed E-state index contributed by atoms with van der Waals surface area (Å²) in [5.41, 5.74) is 1.64. The number of H-pyrrole nitrogens is 1. The third-order valence-electron chi connectivity index (χ3n) is 4.62. The highest BCUT2D eigenvalue weighted by Gasteiger charge is 2.27. The van der Waals surface area contributed by atoms with Crippen molar-refractivity contribution < 1.29 is 19.4 Å². The maximum absolute atomic E-state index is 12.6. The molecule has 0 saturated carbocycles. The summed E-state index contributed by atoms with van der Waals surface area (Å²) in [4.78, 5) is 32.2. The molecule has 3 N–H and O–H groups in total. The molecule has 158 valence electrons. The van der Waals surface area contributed by atoms with Crippen LogP contribution in [0.1, 0.15) is 30.0 Å². The van der Waals surface area contributed by atoms with Gasteiger partial charge in [0.15, 0.2) is 11.6 Å². The average molecular weight is 418 g/mol. The fourth-order valence-corrected chi connectivity index (χ4v) is 2.94. The summed E-state index contributed by atoms with van der Waals surface area (Å²) < 4.78 is 5.19. The number of imidazole rings is 1. The topological polar surface area (TPSA) is 128 Å². The molecule has 1 amide bonds. The first kappa shape index (κ1) is 21.6. The number of carbonyl (C=O) groups is 2. The van der Waals surface area contributed by atoms with E-state index in [1.807, 2.05) is 12.1 Å². The smallest absolute Gasteiger partial charge is 0.329 e. The summed E-state index contributed by atoms with van der Waals surface area (Å²) in [5, 5.41) is 22.5. The number of carbonyl (C=O) groups excluding carboxylic acids is 2. The molecule has 8 heteroatoms. The first-order chi connectivity index (χ1) is 14.9. The second-order valence-electron chi connectivity index (χ2n) is 7.20. The summed E-state index contributed by atoms with van der Waals surface area (Å²) in [7, 11) is 0. The molecule has 0 spiro atoms. The highest BCUT2D eigenvalue weighted by atomic mass is 16.5. The summed E-state index contributed by atoms with van der Waals surface area (Å²) in [6.45, 7) is 3.01. The van der Waals surface area contributed by atoms with Gasteiger partial charge in [-0.1, -0.05) is 44.2 Å². The van der Waals surface area contributed by atoms with Crippen LogP contribution in [0.3, 0.4) is 0 Å². The maximum atomic E-state index is 12.6. The van der Waals surface area contributed by atoms with Crippen LogP contribution < -0.4 is 5.32 Å². The number of aromatic nitrogens is 2. The van der Waals surface area contributed by atoms with Gasteiger partial charge in [-0.25, -0.2) is 9.78 Å². The lowest BCUT2D eigenvalue weighted by molar-refractivity contribution is -0.146. The van der Waals surface area contributed by atoms with Gasteiger partial charge in [-0.3, -0.25) is 4.79 Å². The molecule has 0 fully saturated rings. The zero-order valence-electron chi connectivity index (χ0n) is 17.1. The van der Waals surface area contributed by atoms with E-state index in [-0.39, 0.29) is 17.3 Å². The molecular formula is C23H22N4O4. The van der Waals surface area contributed by atoms with Crippen molar-refractivity contribution in [1.82, 2.24) is 15.3 Å². The van der Waals surface area contributed by atoms with E-state index in [0.29, 0.717) is 16.6 Å². The van der Waals surface area contributed by atoms with Crippen LogP contribution in [0.5, 0.6) is 0 Å². The molecule has 1 heterocycles. The van der Waals surface area contributed by atoms with Gasteiger partial charge in [0.1, 0.15) is 24.3 Å². The monoisotopic (exact) mass is 418 g/mol. The first-order valence-corrected chi connectivity index (χ1v) is 9.70. The lowest BCUT2D eigenvalue weighted by Gasteiger charge is -2.21. The highest BCUT2D eigenvalue weighted by Crippen LogP contribution is 2.19. The molecule has 0 radical (unpaired) electrons. The van der Waals surface area contributed by atoms with E-state index in [0.717, 1.165) is 0 Å². The Morgan fingerprint density at radius 3 is 2.48 bits per heavy atom. The molecule has 3 rings (SSSR count). The van der Waals surface area contributed by atoms with Crippen LogP contribution in [0.4, 0.5) is 0 Å². The zero-order valence-corrected chi connectivity index (χ0v) is 17.1. The number of fused-ring (bicyclic) bond motifs is 1. The normalized spacial score (nSPS) is 12.7. The van der Waals surface area contributed by atoms with E-state index in [2.05, 4.69) is 15.3 Å². The molecule has 1 atom stereocenters. The van der Waals surface area contributed by atoms with Crippen LogP contribution in [0, 0.1) is 17.2 Å². The van der Waals surface area contributed by atoms with Gasteiger partial charge in [-0.2, -0.15) is 5.26 Å². The number of aliphatic hydroxyl groups excluding tert-OH is 1. The third kappa shape index (κ3) is 5.08. The first-order valence-electron chi connectivity index (χ1n) is 9.70. The van der Waals surface area contributed by atoms with Crippen LogP contribution in [-0.4, -0.2) is 39.6 Å². The van der Waals surface area contributed by atoms with Crippen LogP contribution in [0.15, 0.2) is 60.4 Å². The number of hydrogen-bond acceptors (Lipinski definition) is 6. The van der Waals surface area contributed by atoms with Crippen molar-refractivity contribution in [1.29, 1.82) is 5.26 Å². The van der Waals surface area contributed by atoms with E-state index in [4.69, 9.17) is 4.74 Å². The van der Waals surface area contributed by atoms with Crippen LogP contribution >= 0.6 is 0 Å². The Morgan fingerprint density at radius 2 is 1.84 bits per heavy atom. The minimum absolute atomic E-state index is 0.126. The molecule has 0 aliphatic rings. The Labute approximate surface area is 179 Å². The molecule has 8 nitrogen and oxygen atoms in total. The number of hydrogen-bond donors (Lipinski definition) is 3. The number of aliphatic hydroxyl groups is 1. The largest absolute Gasteiger partial charge is 0.507 e. The SMILES string of the molecule is CC(C)C(NC(=O)c1ccccc1)C(=O)OCC(O)=C(C#N)c1nc2ccccc2[nH]1. The van der Waals surface area contributed by atoms with Crippen molar-refractivity contribution in [3.8, 4) is 6.07 Å². The number of para-hydroxylation sites is 2. The van der Waals surface area contributed by atoms with Crippen molar-refractivity contribution in [3.63, 3.8) is 0 Å². The second-order valence-corrected chi connectivity index (χ2v) is 7.20. The Kier molecular flexibility index (Phi) is 6.67. The predicted molar refractivity (Wildman–Crippen MR) is 115 cm³/mol. The van der Waals surface area contributed by atoms with Crippen LogP contribution in [-0.2, 0) is 9.53 Å². The number of benzene rings is 2.